The number of rotatable bonds is 6. The second-order valence-corrected chi connectivity index (χ2v) is 9.20. The monoisotopic (exact) mass is 426 g/mol. The van der Waals surface area contributed by atoms with E-state index >= 15 is 0 Å². The van der Waals surface area contributed by atoms with Crippen LogP contribution in [0.3, 0.4) is 0 Å². The van der Waals surface area contributed by atoms with Gasteiger partial charge in [0.05, 0.1) is 0 Å². The number of hydrogen-bond acceptors (Lipinski definition) is 3. The van der Waals surface area contributed by atoms with Gasteiger partial charge in [-0.1, -0.05) is 79.9 Å². The molecule has 32 heavy (non-hydrogen) atoms. The van der Waals surface area contributed by atoms with E-state index in [4.69, 9.17) is 4.74 Å². The highest BCUT2D eigenvalue weighted by Gasteiger charge is 2.40. The van der Waals surface area contributed by atoms with Gasteiger partial charge in [0, 0.05) is 37.4 Å². The molecule has 1 saturated carbocycles. The molecule has 0 unspecified atom stereocenters. The Bertz CT molecular complexity index is 974. The summed E-state index contributed by atoms with van der Waals surface area (Å²) in [7, 11) is 0. The molecule has 0 aromatic heterocycles. The van der Waals surface area contributed by atoms with E-state index in [1.807, 2.05) is 0 Å². The summed E-state index contributed by atoms with van der Waals surface area (Å²) >= 11 is 0. The first kappa shape index (κ1) is 21.1. The van der Waals surface area contributed by atoms with Crippen LogP contribution in [0.2, 0.25) is 0 Å². The van der Waals surface area contributed by atoms with Crippen LogP contribution in [0.25, 0.3) is 0 Å². The molecule has 1 saturated heterocycles. The molecular weight excluding hydrogens is 392 g/mol. The van der Waals surface area contributed by atoms with Crippen molar-refractivity contribution in [2.24, 2.45) is 0 Å². The normalized spacial score (nSPS) is 18.9. The Labute approximate surface area is 192 Å². The summed E-state index contributed by atoms with van der Waals surface area (Å²) in [4.78, 5) is 5.31. The summed E-state index contributed by atoms with van der Waals surface area (Å²) in [6, 6.07) is 30.2. The zero-order chi connectivity index (χ0) is 21.6. The summed E-state index contributed by atoms with van der Waals surface area (Å²) in [6.45, 7) is 5.03. The Morgan fingerprint density at radius 1 is 0.688 bits per heavy atom. The number of anilines is 1. The maximum Gasteiger partial charge on any atom is 0.120 e. The van der Waals surface area contributed by atoms with Crippen LogP contribution in [0.5, 0.6) is 5.75 Å². The van der Waals surface area contributed by atoms with Crippen LogP contribution in [-0.2, 0) is 12.1 Å². The summed E-state index contributed by atoms with van der Waals surface area (Å²) in [5.41, 5.74) is 4.15. The minimum atomic E-state index is 0.146. The highest BCUT2D eigenvalue weighted by Crippen LogP contribution is 2.44. The summed E-state index contributed by atoms with van der Waals surface area (Å²) < 4.78 is 6.20. The molecular formula is C29H34N2O. The fraction of sp³-hybridized carbons (Fsp3) is 0.379. The van der Waals surface area contributed by atoms with Gasteiger partial charge in [-0.15, -0.1) is 0 Å². The number of ether oxygens (including phenoxy) is 1. The van der Waals surface area contributed by atoms with E-state index < -0.39 is 0 Å². The van der Waals surface area contributed by atoms with Gasteiger partial charge in [-0.25, -0.2) is 0 Å². The number of benzene rings is 3. The first-order chi connectivity index (χ1) is 15.8. The number of nitrogens with zero attached hydrogens (tertiary/aromatic N) is 2. The third-order valence-corrected chi connectivity index (χ3v) is 7.31. The Kier molecular flexibility index (Phi) is 6.45. The molecule has 1 aliphatic carbocycles. The smallest absolute Gasteiger partial charge is 0.120 e. The lowest BCUT2D eigenvalue weighted by Gasteiger charge is -2.50. The molecule has 166 valence electrons. The predicted molar refractivity (Wildman–Crippen MR) is 132 cm³/mol. The summed E-state index contributed by atoms with van der Waals surface area (Å²) in [6.07, 6.45) is 6.48. The van der Waals surface area contributed by atoms with E-state index in [1.165, 1.54) is 48.9 Å². The maximum atomic E-state index is 6.20. The van der Waals surface area contributed by atoms with Gasteiger partial charge in [0.1, 0.15) is 12.4 Å². The SMILES string of the molecule is c1ccc(COc2cccc(C3(N4CCN(c5ccccc5)CC4)CCCCC3)c2)cc1. The third-order valence-electron chi connectivity index (χ3n) is 7.31. The van der Waals surface area contributed by atoms with Gasteiger partial charge in [0.15, 0.2) is 0 Å². The van der Waals surface area contributed by atoms with Gasteiger partial charge in [0.25, 0.3) is 0 Å². The molecule has 1 aliphatic heterocycles. The van der Waals surface area contributed by atoms with Crippen LogP contribution in [0.4, 0.5) is 5.69 Å². The number of para-hydroxylation sites is 1. The van der Waals surface area contributed by atoms with Crippen molar-refractivity contribution in [3.05, 3.63) is 96.1 Å². The topological polar surface area (TPSA) is 15.7 Å². The molecule has 0 radical (unpaired) electrons. The molecule has 3 aromatic carbocycles. The molecule has 0 N–H and O–H groups in total. The highest BCUT2D eigenvalue weighted by atomic mass is 16.5. The highest BCUT2D eigenvalue weighted by molar-refractivity contribution is 5.46. The molecule has 3 aromatic rings. The minimum absolute atomic E-state index is 0.146. The fourth-order valence-electron chi connectivity index (χ4n) is 5.57. The van der Waals surface area contributed by atoms with Crippen molar-refractivity contribution in [3.63, 3.8) is 0 Å². The van der Waals surface area contributed by atoms with Crippen LogP contribution in [0, 0.1) is 0 Å². The standard InChI is InChI=1S/C29H34N2O/c1-4-11-25(12-5-1)24-32-28-16-10-13-26(23-28)29(17-8-3-9-18-29)31-21-19-30(20-22-31)27-14-6-2-7-15-27/h1-2,4-7,10-16,23H,3,8-9,17-22,24H2. The van der Waals surface area contributed by atoms with Gasteiger partial charge in [0.2, 0.25) is 0 Å². The Hall–Kier alpha value is -2.78. The van der Waals surface area contributed by atoms with Gasteiger partial charge in [-0.3, -0.25) is 4.90 Å². The largest absolute Gasteiger partial charge is 0.489 e. The maximum absolute atomic E-state index is 6.20. The summed E-state index contributed by atoms with van der Waals surface area (Å²) in [5, 5.41) is 0. The first-order valence-electron chi connectivity index (χ1n) is 12.2. The fourth-order valence-corrected chi connectivity index (χ4v) is 5.57. The molecule has 0 atom stereocenters. The average molecular weight is 427 g/mol. The second kappa shape index (κ2) is 9.79. The van der Waals surface area contributed by atoms with E-state index in [2.05, 4.69) is 94.7 Å². The molecule has 3 nitrogen and oxygen atoms in total. The quantitative estimate of drug-likeness (QED) is 0.463. The van der Waals surface area contributed by atoms with Crippen molar-refractivity contribution in [2.45, 2.75) is 44.2 Å². The van der Waals surface area contributed by atoms with E-state index in [9.17, 15) is 0 Å². The minimum Gasteiger partial charge on any atom is -0.489 e. The van der Waals surface area contributed by atoms with Gasteiger partial charge < -0.3 is 9.64 Å². The van der Waals surface area contributed by atoms with Gasteiger partial charge >= 0.3 is 0 Å². The van der Waals surface area contributed by atoms with Crippen molar-refractivity contribution in [3.8, 4) is 5.75 Å². The van der Waals surface area contributed by atoms with Crippen LogP contribution in [0.1, 0.15) is 43.2 Å². The van der Waals surface area contributed by atoms with Crippen LogP contribution >= 0.6 is 0 Å². The second-order valence-electron chi connectivity index (χ2n) is 9.20. The predicted octanol–water partition coefficient (Wildman–Crippen LogP) is 6.25. The Morgan fingerprint density at radius 3 is 2.09 bits per heavy atom. The average Bonchev–Trinajstić information content (AvgIpc) is 2.89. The van der Waals surface area contributed by atoms with Crippen LogP contribution < -0.4 is 9.64 Å². The molecule has 0 spiro atoms. The van der Waals surface area contributed by atoms with Crippen LogP contribution in [-0.4, -0.2) is 31.1 Å². The third kappa shape index (κ3) is 4.54. The van der Waals surface area contributed by atoms with Crippen molar-refractivity contribution in [2.75, 3.05) is 31.1 Å². The van der Waals surface area contributed by atoms with Gasteiger partial charge in [-0.2, -0.15) is 0 Å². The van der Waals surface area contributed by atoms with Crippen molar-refractivity contribution < 1.29 is 4.74 Å². The molecule has 2 aliphatic rings. The van der Waals surface area contributed by atoms with E-state index in [1.54, 1.807) is 0 Å². The van der Waals surface area contributed by atoms with E-state index in [-0.39, 0.29) is 5.54 Å². The zero-order valence-corrected chi connectivity index (χ0v) is 19.0. The first-order valence-corrected chi connectivity index (χ1v) is 12.2. The van der Waals surface area contributed by atoms with Crippen molar-refractivity contribution in [1.82, 2.24) is 4.90 Å². The Morgan fingerprint density at radius 2 is 1.38 bits per heavy atom. The molecule has 0 bridgehead atoms. The molecule has 3 heteroatoms. The number of hydrogen-bond donors (Lipinski definition) is 0. The Balaban J connectivity index is 1.33. The lowest BCUT2D eigenvalue weighted by molar-refractivity contribution is 0.0414. The van der Waals surface area contributed by atoms with E-state index in [0.29, 0.717) is 6.61 Å². The van der Waals surface area contributed by atoms with Crippen molar-refractivity contribution >= 4 is 5.69 Å². The zero-order valence-electron chi connectivity index (χ0n) is 19.0. The molecule has 5 rings (SSSR count). The molecule has 2 fully saturated rings. The van der Waals surface area contributed by atoms with Crippen LogP contribution in [0.15, 0.2) is 84.9 Å². The summed E-state index contributed by atoms with van der Waals surface area (Å²) in [5.74, 6) is 0.985. The molecule has 1 heterocycles. The van der Waals surface area contributed by atoms with E-state index in [0.717, 1.165) is 31.9 Å². The van der Waals surface area contributed by atoms with Gasteiger partial charge in [-0.05, 0) is 48.2 Å². The lowest BCUT2D eigenvalue weighted by atomic mass is 9.75. The lowest BCUT2D eigenvalue weighted by Crippen LogP contribution is -2.56. The number of piperazine rings is 1. The molecule has 0 amide bonds. The van der Waals surface area contributed by atoms with Crippen molar-refractivity contribution in [1.29, 1.82) is 0 Å².